The largest absolute Gasteiger partial charge is 0.463 e. The summed E-state index contributed by atoms with van der Waals surface area (Å²) in [5, 5.41) is 11.6. The molecule has 150 valence electrons. The van der Waals surface area contributed by atoms with E-state index in [0.29, 0.717) is 0 Å². The van der Waals surface area contributed by atoms with Crippen molar-refractivity contribution < 1.29 is 24.0 Å². The number of benzene rings is 1. The van der Waals surface area contributed by atoms with Crippen LogP contribution in [0.25, 0.3) is 0 Å². The minimum atomic E-state index is -1.21. The summed E-state index contributed by atoms with van der Waals surface area (Å²) in [6, 6.07) is 5.74. The summed E-state index contributed by atoms with van der Waals surface area (Å²) in [7, 11) is 1.47. The summed E-state index contributed by atoms with van der Waals surface area (Å²) in [5.41, 5.74) is 11.8. The first kappa shape index (κ1) is 20.7. The van der Waals surface area contributed by atoms with Crippen LogP contribution in [0.15, 0.2) is 47.1 Å². The first-order chi connectivity index (χ1) is 13.3. The second-order valence-corrected chi connectivity index (χ2v) is 5.85. The third-order valence-corrected chi connectivity index (χ3v) is 4.29. The number of hydrogen-bond acceptors (Lipinski definition) is 9. The Morgan fingerprint density at radius 3 is 1.96 bits per heavy atom. The summed E-state index contributed by atoms with van der Waals surface area (Å²) in [4.78, 5) is 37.6. The molecule has 4 N–H and O–H groups in total. The molecule has 1 aliphatic rings. The average molecular weight is 390 g/mol. The van der Waals surface area contributed by atoms with Gasteiger partial charge in [-0.3, -0.25) is 10.1 Å². The van der Waals surface area contributed by atoms with Crippen LogP contribution in [0.3, 0.4) is 0 Å². The van der Waals surface area contributed by atoms with Crippen molar-refractivity contribution in [2.75, 3.05) is 20.3 Å². The van der Waals surface area contributed by atoms with Gasteiger partial charge in [0.15, 0.2) is 0 Å². The molecule has 0 radical (unpaired) electrons. The minimum Gasteiger partial charge on any atom is -0.463 e. The zero-order valence-corrected chi connectivity index (χ0v) is 15.8. The molecule has 0 unspecified atom stereocenters. The van der Waals surface area contributed by atoms with Crippen molar-refractivity contribution in [1.29, 1.82) is 0 Å². The van der Waals surface area contributed by atoms with Crippen molar-refractivity contribution in [3.8, 4) is 0 Å². The highest BCUT2D eigenvalue weighted by molar-refractivity contribution is 6.00. The van der Waals surface area contributed by atoms with Crippen LogP contribution in [0, 0.1) is 10.1 Å². The predicted molar refractivity (Wildman–Crippen MR) is 99.3 cm³/mol. The summed E-state index contributed by atoms with van der Waals surface area (Å²) in [5.74, 6) is -2.94. The Balaban J connectivity index is 2.83. The summed E-state index contributed by atoms with van der Waals surface area (Å²) in [6.07, 6.45) is 0. The van der Waals surface area contributed by atoms with Crippen molar-refractivity contribution in [1.82, 2.24) is 4.90 Å². The van der Waals surface area contributed by atoms with Crippen LogP contribution in [-0.2, 0) is 19.1 Å². The Labute approximate surface area is 161 Å². The smallest absolute Gasteiger partial charge is 0.338 e. The van der Waals surface area contributed by atoms with Gasteiger partial charge in [-0.2, -0.15) is 0 Å². The number of carbonyl (C=O) groups excluding carboxylic acids is 2. The lowest BCUT2D eigenvalue weighted by atomic mass is 9.81. The van der Waals surface area contributed by atoms with E-state index < -0.39 is 22.8 Å². The lowest BCUT2D eigenvalue weighted by molar-refractivity contribution is -0.385. The zero-order valence-electron chi connectivity index (χ0n) is 15.8. The molecule has 1 heterocycles. The third kappa shape index (κ3) is 3.61. The number of ether oxygens (including phenoxy) is 2. The van der Waals surface area contributed by atoms with Gasteiger partial charge in [-0.1, -0.05) is 18.2 Å². The minimum absolute atomic E-state index is 0.0524. The van der Waals surface area contributed by atoms with Gasteiger partial charge in [0, 0.05) is 18.7 Å². The first-order valence-electron chi connectivity index (χ1n) is 8.56. The molecule has 0 amide bonds. The quantitative estimate of drug-likeness (QED) is 0.413. The molecule has 0 saturated carbocycles. The van der Waals surface area contributed by atoms with E-state index in [4.69, 9.17) is 20.9 Å². The monoisotopic (exact) mass is 390 g/mol. The van der Waals surface area contributed by atoms with Crippen LogP contribution < -0.4 is 11.5 Å². The van der Waals surface area contributed by atoms with Crippen LogP contribution in [0.5, 0.6) is 0 Å². The fourth-order valence-electron chi connectivity index (χ4n) is 3.00. The van der Waals surface area contributed by atoms with E-state index in [1.807, 2.05) is 0 Å². The SMILES string of the molecule is CCOC(=O)C1=C(N)N(C)C(N)=C(C(=O)OCC)C1c1ccccc1[N+](=O)[O-]. The van der Waals surface area contributed by atoms with E-state index in [2.05, 4.69) is 0 Å². The Kier molecular flexibility index (Phi) is 6.24. The molecule has 28 heavy (non-hydrogen) atoms. The standard InChI is InChI=1S/C18H22N4O6/c1-4-27-17(23)13-12(10-8-6-7-9-11(10)22(25)26)14(18(24)28-5-2)16(20)21(3)15(13)19/h6-9,12H,4-5,19-20H2,1-3H3. The van der Waals surface area contributed by atoms with Crippen LogP contribution in [0.4, 0.5) is 5.69 Å². The second-order valence-electron chi connectivity index (χ2n) is 5.85. The lowest BCUT2D eigenvalue weighted by Gasteiger charge is -2.34. The van der Waals surface area contributed by atoms with Crippen molar-refractivity contribution in [2.45, 2.75) is 19.8 Å². The van der Waals surface area contributed by atoms with E-state index >= 15 is 0 Å². The van der Waals surface area contributed by atoms with Gasteiger partial charge >= 0.3 is 11.9 Å². The molecule has 0 aliphatic carbocycles. The molecule has 1 aromatic rings. The lowest BCUT2D eigenvalue weighted by Crippen LogP contribution is -2.40. The molecule has 2 rings (SSSR count). The van der Waals surface area contributed by atoms with Crippen LogP contribution in [0.1, 0.15) is 25.3 Å². The number of nitro groups is 1. The van der Waals surface area contributed by atoms with Gasteiger partial charge in [0.1, 0.15) is 11.6 Å². The third-order valence-electron chi connectivity index (χ3n) is 4.29. The van der Waals surface area contributed by atoms with Gasteiger partial charge in [-0.05, 0) is 13.8 Å². The molecule has 0 bridgehead atoms. The van der Waals surface area contributed by atoms with Crippen molar-refractivity contribution in [3.63, 3.8) is 0 Å². The van der Waals surface area contributed by atoms with E-state index in [9.17, 15) is 19.7 Å². The number of hydrogen-bond donors (Lipinski definition) is 2. The normalized spacial score (nSPS) is 14.9. The summed E-state index contributed by atoms with van der Waals surface area (Å²) >= 11 is 0. The maximum absolute atomic E-state index is 12.7. The number of rotatable bonds is 6. The molecule has 10 nitrogen and oxygen atoms in total. The van der Waals surface area contributed by atoms with E-state index in [0.717, 1.165) is 0 Å². The number of esters is 2. The fraction of sp³-hybridized carbons (Fsp3) is 0.333. The van der Waals surface area contributed by atoms with E-state index in [-0.39, 0.29) is 47.3 Å². The van der Waals surface area contributed by atoms with Gasteiger partial charge in [0.05, 0.1) is 35.2 Å². The number of nitrogens with zero attached hydrogens (tertiary/aromatic N) is 2. The van der Waals surface area contributed by atoms with Crippen molar-refractivity contribution in [2.24, 2.45) is 11.5 Å². The van der Waals surface area contributed by atoms with E-state index in [1.165, 1.54) is 30.1 Å². The maximum Gasteiger partial charge on any atom is 0.338 e. The fourth-order valence-corrected chi connectivity index (χ4v) is 3.00. The van der Waals surface area contributed by atoms with Crippen LogP contribution >= 0.6 is 0 Å². The number of carbonyl (C=O) groups is 2. The molecule has 1 aromatic carbocycles. The molecule has 10 heteroatoms. The molecular weight excluding hydrogens is 368 g/mol. The topological polar surface area (TPSA) is 151 Å². The number of nitrogens with two attached hydrogens (primary N) is 2. The number of para-hydroxylation sites is 1. The highest BCUT2D eigenvalue weighted by Crippen LogP contribution is 2.43. The second kappa shape index (κ2) is 8.42. The van der Waals surface area contributed by atoms with Gasteiger partial charge in [-0.15, -0.1) is 0 Å². The summed E-state index contributed by atoms with van der Waals surface area (Å²) < 4.78 is 10.2. The van der Waals surface area contributed by atoms with Gasteiger partial charge in [0.25, 0.3) is 5.69 Å². The van der Waals surface area contributed by atoms with E-state index in [1.54, 1.807) is 19.9 Å². The Bertz CT molecular complexity index is 835. The molecular formula is C18H22N4O6. The summed E-state index contributed by atoms with van der Waals surface area (Å²) in [6.45, 7) is 3.32. The van der Waals surface area contributed by atoms with Crippen LogP contribution in [-0.4, -0.2) is 42.0 Å². The average Bonchev–Trinajstić information content (AvgIpc) is 2.66. The highest BCUT2D eigenvalue weighted by atomic mass is 16.6. The van der Waals surface area contributed by atoms with Gasteiger partial charge in [0.2, 0.25) is 0 Å². The Morgan fingerprint density at radius 1 is 1.07 bits per heavy atom. The number of nitro benzene ring substituents is 1. The Hall–Kier alpha value is -3.56. The Morgan fingerprint density at radius 2 is 1.54 bits per heavy atom. The molecule has 0 fully saturated rings. The predicted octanol–water partition coefficient (Wildman–Crippen LogP) is 1.09. The molecule has 0 aromatic heterocycles. The molecule has 0 saturated heterocycles. The highest BCUT2D eigenvalue weighted by Gasteiger charge is 2.43. The van der Waals surface area contributed by atoms with Crippen molar-refractivity contribution >= 4 is 17.6 Å². The van der Waals surface area contributed by atoms with Gasteiger partial charge in [-0.25, -0.2) is 9.59 Å². The first-order valence-corrected chi connectivity index (χ1v) is 8.56. The molecule has 0 spiro atoms. The van der Waals surface area contributed by atoms with Crippen LogP contribution in [0.2, 0.25) is 0 Å². The zero-order chi connectivity index (χ0) is 21.0. The van der Waals surface area contributed by atoms with Gasteiger partial charge < -0.3 is 25.8 Å². The molecule has 1 aliphatic heterocycles. The van der Waals surface area contributed by atoms with Crippen molar-refractivity contribution in [3.05, 3.63) is 62.7 Å². The maximum atomic E-state index is 12.7. The molecule has 0 atom stereocenters.